The summed E-state index contributed by atoms with van der Waals surface area (Å²) >= 11 is 0. The van der Waals surface area contributed by atoms with E-state index in [-0.39, 0.29) is 17.7 Å². The zero-order chi connectivity index (χ0) is 14.9. The predicted molar refractivity (Wildman–Crippen MR) is 77.5 cm³/mol. The lowest BCUT2D eigenvalue weighted by molar-refractivity contribution is 0.418. The van der Waals surface area contributed by atoms with E-state index in [2.05, 4.69) is 0 Å². The average Bonchev–Trinajstić information content (AvgIpc) is 2.37. The fourth-order valence-electron chi connectivity index (χ4n) is 2.42. The molecule has 1 atom stereocenters. The van der Waals surface area contributed by atoms with Gasteiger partial charge in [-0.15, -0.1) is 0 Å². The number of rotatable bonds is 3. The molecule has 106 valence electrons. The molecule has 1 unspecified atom stereocenters. The molecule has 0 radical (unpaired) electrons. The summed E-state index contributed by atoms with van der Waals surface area (Å²) in [6, 6.07) is 10.7. The van der Waals surface area contributed by atoms with Crippen LogP contribution in [0, 0.1) is 18.6 Å². The van der Waals surface area contributed by atoms with Crippen LogP contribution in [0.1, 0.15) is 36.6 Å². The van der Waals surface area contributed by atoms with E-state index in [1.807, 2.05) is 26.8 Å². The molecule has 0 aliphatic carbocycles. The molecule has 0 amide bonds. The fraction of sp³-hybridized carbons (Fsp3) is 0.294. The standard InChI is InChI=1S/C17H19F2N/c1-11-8-12(10-15(19)9-11)16(20)17(2,3)13-4-6-14(18)7-5-13/h4-10,16H,20H2,1-3H3. The topological polar surface area (TPSA) is 26.0 Å². The summed E-state index contributed by atoms with van der Waals surface area (Å²) in [5.41, 5.74) is 8.41. The maximum absolute atomic E-state index is 13.5. The highest BCUT2D eigenvalue weighted by Gasteiger charge is 2.30. The minimum absolute atomic E-state index is 0.278. The van der Waals surface area contributed by atoms with Crippen LogP contribution >= 0.6 is 0 Å². The van der Waals surface area contributed by atoms with Crippen molar-refractivity contribution < 1.29 is 8.78 Å². The summed E-state index contributed by atoms with van der Waals surface area (Å²) < 4.78 is 26.6. The van der Waals surface area contributed by atoms with Gasteiger partial charge in [-0.3, -0.25) is 0 Å². The van der Waals surface area contributed by atoms with Crippen molar-refractivity contribution in [2.24, 2.45) is 5.73 Å². The first-order valence-corrected chi connectivity index (χ1v) is 6.59. The van der Waals surface area contributed by atoms with Crippen molar-refractivity contribution in [1.82, 2.24) is 0 Å². The van der Waals surface area contributed by atoms with Crippen molar-refractivity contribution in [3.05, 3.63) is 70.8 Å². The van der Waals surface area contributed by atoms with Crippen LogP contribution in [0.15, 0.2) is 42.5 Å². The molecular formula is C17H19F2N. The summed E-state index contributed by atoms with van der Waals surface area (Å²) in [5, 5.41) is 0. The molecule has 20 heavy (non-hydrogen) atoms. The molecule has 0 heterocycles. The van der Waals surface area contributed by atoms with E-state index >= 15 is 0 Å². The van der Waals surface area contributed by atoms with Crippen molar-refractivity contribution in [3.63, 3.8) is 0 Å². The molecule has 0 aliphatic heterocycles. The van der Waals surface area contributed by atoms with E-state index in [4.69, 9.17) is 5.73 Å². The molecule has 2 aromatic rings. The largest absolute Gasteiger partial charge is 0.323 e. The molecular weight excluding hydrogens is 256 g/mol. The predicted octanol–water partition coefficient (Wildman–Crippen LogP) is 4.25. The Hall–Kier alpha value is -1.74. The molecule has 0 aromatic heterocycles. The van der Waals surface area contributed by atoms with E-state index in [1.165, 1.54) is 24.3 Å². The minimum Gasteiger partial charge on any atom is -0.323 e. The summed E-state index contributed by atoms with van der Waals surface area (Å²) in [7, 11) is 0. The van der Waals surface area contributed by atoms with Crippen LogP contribution in [-0.2, 0) is 5.41 Å². The van der Waals surface area contributed by atoms with Gasteiger partial charge in [0.1, 0.15) is 11.6 Å². The number of aryl methyl sites for hydroxylation is 1. The monoisotopic (exact) mass is 275 g/mol. The Balaban J connectivity index is 2.39. The quantitative estimate of drug-likeness (QED) is 0.890. The first kappa shape index (κ1) is 14.7. The van der Waals surface area contributed by atoms with Gasteiger partial charge < -0.3 is 5.73 Å². The Morgan fingerprint density at radius 2 is 1.55 bits per heavy atom. The highest BCUT2D eigenvalue weighted by Crippen LogP contribution is 2.35. The maximum atomic E-state index is 13.5. The summed E-state index contributed by atoms with van der Waals surface area (Å²) in [6.07, 6.45) is 0. The highest BCUT2D eigenvalue weighted by atomic mass is 19.1. The molecule has 2 aromatic carbocycles. The molecule has 0 bridgehead atoms. The third-order valence-corrected chi connectivity index (χ3v) is 3.79. The van der Waals surface area contributed by atoms with E-state index < -0.39 is 5.41 Å². The molecule has 0 spiro atoms. The molecule has 0 fully saturated rings. The number of hydrogen-bond acceptors (Lipinski definition) is 1. The first-order valence-electron chi connectivity index (χ1n) is 6.59. The van der Waals surface area contributed by atoms with Crippen LogP contribution in [-0.4, -0.2) is 0 Å². The fourth-order valence-corrected chi connectivity index (χ4v) is 2.42. The van der Waals surface area contributed by atoms with Gasteiger partial charge in [-0.2, -0.15) is 0 Å². The van der Waals surface area contributed by atoms with Gasteiger partial charge in [0.15, 0.2) is 0 Å². The molecule has 0 saturated carbocycles. The normalized spacial score (nSPS) is 13.3. The van der Waals surface area contributed by atoms with Crippen molar-refractivity contribution in [3.8, 4) is 0 Å². The Kier molecular flexibility index (Phi) is 3.91. The van der Waals surface area contributed by atoms with Gasteiger partial charge in [0.2, 0.25) is 0 Å². The highest BCUT2D eigenvalue weighted by molar-refractivity contribution is 5.34. The number of hydrogen-bond donors (Lipinski definition) is 1. The molecule has 0 saturated heterocycles. The Bertz CT molecular complexity index is 583. The number of halogens is 2. The lowest BCUT2D eigenvalue weighted by Gasteiger charge is -2.32. The van der Waals surface area contributed by atoms with Crippen LogP contribution in [0.2, 0.25) is 0 Å². The van der Waals surface area contributed by atoms with Crippen LogP contribution in [0.3, 0.4) is 0 Å². The Morgan fingerprint density at radius 1 is 0.950 bits per heavy atom. The van der Waals surface area contributed by atoms with E-state index in [9.17, 15) is 8.78 Å². The first-order chi connectivity index (χ1) is 9.30. The van der Waals surface area contributed by atoms with Gasteiger partial charge in [-0.25, -0.2) is 8.78 Å². The van der Waals surface area contributed by atoms with Gasteiger partial charge in [0, 0.05) is 11.5 Å². The van der Waals surface area contributed by atoms with Crippen LogP contribution < -0.4 is 5.73 Å². The van der Waals surface area contributed by atoms with E-state index in [1.54, 1.807) is 12.1 Å². The molecule has 0 aliphatic rings. The second kappa shape index (κ2) is 5.33. The van der Waals surface area contributed by atoms with Gasteiger partial charge in [-0.05, 0) is 47.9 Å². The molecule has 2 rings (SSSR count). The van der Waals surface area contributed by atoms with E-state index in [0.29, 0.717) is 0 Å². The van der Waals surface area contributed by atoms with Gasteiger partial charge >= 0.3 is 0 Å². The summed E-state index contributed by atoms with van der Waals surface area (Å²) in [6.45, 7) is 5.79. The van der Waals surface area contributed by atoms with Crippen LogP contribution in [0.25, 0.3) is 0 Å². The number of nitrogens with two attached hydrogens (primary N) is 1. The smallest absolute Gasteiger partial charge is 0.123 e. The van der Waals surface area contributed by atoms with Crippen molar-refractivity contribution >= 4 is 0 Å². The van der Waals surface area contributed by atoms with Gasteiger partial charge in [-0.1, -0.05) is 32.0 Å². The van der Waals surface area contributed by atoms with Crippen LogP contribution in [0.5, 0.6) is 0 Å². The lowest BCUT2D eigenvalue weighted by Crippen LogP contribution is -2.33. The summed E-state index contributed by atoms with van der Waals surface area (Å²) in [5.74, 6) is -0.565. The van der Waals surface area contributed by atoms with Crippen molar-refractivity contribution in [2.45, 2.75) is 32.2 Å². The van der Waals surface area contributed by atoms with Crippen molar-refractivity contribution in [2.75, 3.05) is 0 Å². The second-order valence-electron chi connectivity index (χ2n) is 5.77. The SMILES string of the molecule is Cc1cc(F)cc(C(N)C(C)(C)c2ccc(F)cc2)c1. The third kappa shape index (κ3) is 2.88. The minimum atomic E-state index is -0.423. The summed E-state index contributed by atoms with van der Waals surface area (Å²) in [4.78, 5) is 0. The molecule has 2 N–H and O–H groups in total. The Labute approximate surface area is 118 Å². The zero-order valence-corrected chi connectivity index (χ0v) is 12.0. The Morgan fingerprint density at radius 3 is 2.10 bits per heavy atom. The maximum Gasteiger partial charge on any atom is 0.123 e. The number of benzene rings is 2. The molecule has 3 heteroatoms. The molecule has 1 nitrogen and oxygen atoms in total. The van der Waals surface area contributed by atoms with Crippen LogP contribution in [0.4, 0.5) is 8.78 Å². The van der Waals surface area contributed by atoms with Gasteiger partial charge in [0.05, 0.1) is 0 Å². The third-order valence-electron chi connectivity index (χ3n) is 3.79. The second-order valence-corrected chi connectivity index (χ2v) is 5.77. The average molecular weight is 275 g/mol. The van der Waals surface area contributed by atoms with E-state index in [0.717, 1.165) is 16.7 Å². The lowest BCUT2D eigenvalue weighted by atomic mass is 9.75. The van der Waals surface area contributed by atoms with Crippen molar-refractivity contribution in [1.29, 1.82) is 0 Å². The zero-order valence-electron chi connectivity index (χ0n) is 12.0. The van der Waals surface area contributed by atoms with Gasteiger partial charge in [0.25, 0.3) is 0 Å².